The standard InChI is InChI=1S/C4H2F2NS.3C4H9.Sn/c5-3(6)4-7-1-2-8-4;3*1-3-4-2;/h2-3H;3*1,3-4H2,2H3;. The van der Waals surface area contributed by atoms with Crippen LogP contribution in [-0.4, -0.2) is 23.4 Å². The quantitative estimate of drug-likeness (QED) is 0.389. The van der Waals surface area contributed by atoms with Crippen LogP contribution < -0.4 is 3.71 Å². The van der Waals surface area contributed by atoms with Crippen molar-refractivity contribution >= 4 is 33.4 Å². The zero-order valence-corrected chi connectivity index (χ0v) is 17.3. The van der Waals surface area contributed by atoms with E-state index in [1.807, 2.05) is 5.38 Å². The number of thiazole rings is 1. The zero-order chi connectivity index (χ0) is 15.7. The molecule has 1 aromatic heterocycles. The molecule has 0 fully saturated rings. The van der Waals surface area contributed by atoms with Crippen LogP contribution in [0.5, 0.6) is 0 Å². The summed E-state index contributed by atoms with van der Waals surface area (Å²) in [5, 5.41) is 2.02. The van der Waals surface area contributed by atoms with Crippen LogP contribution in [0, 0.1) is 0 Å². The molecule has 0 aliphatic rings. The first-order chi connectivity index (χ1) is 10.1. The predicted molar refractivity (Wildman–Crippen MR) is 91.6 cm³/mol. The van der Waals surface area contributed by atoms with Crippen LogP contribution in [0.2, 0.25) is 13.3 Å². The van der Waals surface area contributed by atoms with E-state index in [0.717, 1.165) is 3.71 Å². The molecule has 5 heteroatoms. The fraction of sp³-hybridized carbons (Fsp3) is 0.812. The van der Waals surface area contributed by atoms with Crippen molar-refractivity contribution in [2.24, 2.45) is 0 Å². The van der Waals surface area contributed by atoms with Crippen molar-refractivity contribution in [2.75, 3.05) is 0 Å². The van der Waals surface area contributed by atoms with E-state index in [1.54, 1.807) is 0 Å². The summed E-state index contributed by atoms with van der Waals surface area (Å²) in [5.41, 5.74) is 0. The molecule has 0 unspecified atom stereocenters. The van der Waals surface area contributed by atoms with Crippen LogP contribution in [0.3, 0.4) is 0 Å². The molecule has 0 aliphatic carbocycles. The van der Waals surface area contributed by atoms with Crippen LogP contribution in [0.15, 0.2) is 5.38 Å². The van der Waals surface area contributed by atoms with Gasteiger partial charge in [0, 0.05) is 0 Å². The van der Waals surface area contributed by atoms with Gasteiger partial charge in [0.1, 0.15) is 0 Å². The van der Waals surface area contributed by atoms with Gasteiger partial charge in [-0.3, -0.25) is 0 Å². The molecular formula is C16H29F2NSSn. The van der Waals surface area contributed by atoms with Gasteiger partial charge in [0.25, 0.3) is 0 Å². The van der Waals surface area contributed by atoms with Crippen molar-refractivity contribution in [2.45, 2.75) is 79.0 Å². The van der Waals surface area contributed by atoms with E-state index < -0.39 is 24.8 Å². The molecule has 0 spiro atoms. The summed E-state index contributed by atoms with van der Waals surface area (Å²) in [6, 6.07) is 0. The monoisotopic (exact) mass is 425 g/mol. The second-order valence-electron chi connectivity index (χ2n) is 5.96. The number of alkyl halides is 2. The second kappa shape index (κ2) is 10.1. The van der Waals surface area contributed by atoms with Crippen LogP contribution in [-0.2, 0) is 0 Å². The van der Waals surface area contributed by atoms with Gasteiger partial charge in [-0.2, -0.15) is 0 Å². The Balaban J connectivity index is 3.03. The Morgan fingerprint density at radius 1 is 1.00 bits per heavy atom. The number of aromatic nitrogens is 1. The first kappa shape index (κ1) is 19.3. The summed E-state index contributed by atoms with van der Waals surface area (Å²) in [6.07, 6.45) is 4.91. The second-order valence-corrected chi connectivity index (χ2v) is 19.9. The molecule has 0 aromatic carbocycles. The molecule has 0 radical (unpaired) electrons. The third-order valence-electron chi connectivity index (χ3n) is 4.28. The first-order valence-corrected chi connectivity index (χ1v) is 16.7. The third-order valence-corrected chi connectivity index (χ3v) is 20.8. The molecular weight excluding hydrogens is 395 g/mol. The van der Waals surface area contributed by atoms with E-state index in [9.17, 15) is 8.78 Å². The topological polar surface area (TPSA) is 12.9 Å². The molecule has 0 amide bonds. The van der Waals surface area contributed by atoms with Crippen molar-refractivity contribution in [3.05, 3.63) is 10.4 Å². The van der Waals surface area contributed by atoms with Gasteiger partial charge in [-0.15, -0.1) is 0 Å². The maximum atomic E-state index is 12.9. The molecule has 21 heavy (non-hydrogen) atoms. The fourth-order valence-electron chi connectivity index (χ4n) is 2.94. The van der Waals surface area contributed by atoms with Gasteiger partial charge in [-0.25, -0.2) is 0 Å². The Bertz CT molecular complexity index is 374. The van der Waals surface area contributed by atoms with Gasteiger partial charge < -0.3 is 0 Å². The van der Waals surface area contributed by atoms with E-state index >= 15 is 0 Å². The Morgan fingerprint density at radius 3 is 1.81 bits per heavy atom. The zero-order valence-electron chi connectivity index (χ0n) is 13.6. The fourth-order valence-corrected chi connectivity index (χ4v) is 20.8. The van der Waals surface area contributed by atoms with Gasteiger partial charge in [-0.05, 0) is 0 Å². The molecule has 0 aliphatic heterocycles. The van der Waals surface area contributed by atoms with E-state index in [-0.39, 0.29) is 5.01 Å². The van der Waals surface area contributed by atoms with Crippen LogP contribution in [0.25, 0.3) is 0 Å². The van der Waals surface area contributed by atoms with Gasteiger partial charge in [0.2, 0.25) is 0 Å². The molecule has 0 atom stereocenters. The first-order valence-electron chi connectivity index (χ1n) is 8.33. The van der Waals surface area contributed by atoms with Crippen LogP contribution in [0.1, 0.15) is 70.7 Å². The molecule has 122 valence electrons. The molecule has 0 N–H and O–H groups in total. The van der Waals surface area contributed by atoms with E-state index in [2.05, 4.69) is 25.8 Å². The summed E-state index contributed by atoms with van der Waals surface area (Å²) in [5.74, 6) is 0. The average molecular weight is 424 g/mol. The third kappa shape index (κ3) is 5.77. The summed E-state index contributed by atoms with van der Waals surface area (Å²) in [7, 11) is 0. The van der Waals surface area contributed by atoms with Crippen molar-refractivity contribution in [1.82, 2.24) is 4.98 Å². The minimum absolute atomic E-state index is 0.0376. The Hall–Kier alpha value is 0.289. The van der Waals surface area contributed by atoms with Gasteiger partial charge in [-0.1, -0.05) is 0 Å². The van der Waals surface area contributed by atoms with Crippen molar-refractivity contribution in [1.29, 1.82) is 0 Å². The number of nitrogens with zero attached hydrogens (tertiary/aromatic N) is 1. The summed E-state index contributed by atoms with van der Waals surface area (Å²) < 4.78 is 30.8. The van der Waals surface area contributed by atoms with Gasteiger partial charge in [0.05, 0.1) is 0 Å². The minimum atomic E-state index is -2.57. The molecule has 0 bridgehead atoms. The average Bonchev–Trinajstić information content (AvgIpc) is 2.97. The molecule has 0 saturated heterocycles. The predicted octanol–water partition coefficient (Wildman–Crippen LogP) is 6.14. The number of hydrogen-bond donors (Lipinski definition) is 0. The van der Waals surface area contributed by atoms with E-state index in [1.165, 1.54) is 63.2 Å². The number of unbranched alkanes of at least 4 members (excludes halogenated alkanes) is 3. The summed E-state index contributed by atoms with van der Waals surface area (Å²) in [4.78, 5) is 4.40. The molecule has 1 nitrogen and oxygen atoms in total. The van der Waals surface area contributed by atoms with Crippen LogP contribution >= 0.6 is 11.3 Å². The van der Waals surface area contributed by atoms with E-state index in [4.69, 9.17) is 0 Å². The number of rotatable bonds is 11. The Kier molecular flexibility index (Phi) is 9.33. The van der Waals surface area contributed by atoms with Gasteiger partial charge in [0.15, 0.2) is 0 Å². The normalized spacial score (nSPS) is 12.3. The Labute approximate surface area is 136 Å². The Morgan fingerprint density at radius 2 is 1.48 bits per heavy atom. The molecule has 1 aromatic rings. The summed E-state index contributed by atoms with van der Waals surface area (Å²) >= 11 is -1.39. The number of halogens is 2. The maximum absolute atomic E-state index is 12.9. The molecule has 1 heterocycles. The molecule has 0 saturated carbocycles. The van der Waals surface area contributed by atoms with Crippen molar-refractivity contribution in [3.8, 4) is 0 Å². The van der Waals surface area contributed by atoms with E-state index in [0.29, 0.717) is 0 Å². The van der Waals surface area contributed by atoms with Crippen LogP contribution in [0.4, 0.5) is 8.78 Å². The number of hydrogen-bond acceptors (Lipinski definition) is 2. The summed E-state index contributed by atoms with van der Waals surface area (Å²) in [6.45, 7) is 6.67. The SMILES string of the molecule is CCC[CH2][Sn]([CH2]CCC)([CH2]CCC)[c]1csc(C(F)F)n1. The van der Waals surface area contributed by atoms with Crippen molar-refractivity contribution < 1.29 is 8.78 Å². The van der Waals surface area contributed by atoms with Crippen molar-refractivity contribution in [3.63, 3.8) is 0 Å². The molecule has 1 rings (SSSR count). The van der Waals surface area contributed by atoms with Gasteiger partial charge >= 0.3 is 137 Å².